The zero-order valence-corrected chi connectivity index (χ0v) is 8.53. The third kappa shape index (κ3) is 1.34. The van der Waals surface area contributed by atoms with E-state index in [0.717, 1.165) is 28.4 Å². The predicted octanol–water partition coefficient (Wildman–Crippen LogP) is 3.42. The summed E-state index contributed by atoms with van der Waals surface area (Å²) in [6.07, 6.45) is 1.57. The third-order valence-corrected chi connectivity index (χ3v) is 3.21. The van der Waals surface area contributed by atoms with Gasteiger partial charge in [-0.15, -0.1) is 11.3 Å². The van der Waals surface area contributed by atoms with Crippen LogP contribution in [0.25, 0.3) is 10.1 Å². The molecule has 0 radical (unpaired) electrons. The van der Waals surface area contributed by atoms with Crippen LogP contribution in [0.15, 0.2) is 17.5 Å². The third-order valence-electron chi connectivity index (χ3n) is 2.26. The average Bonchev–Trinajstić information content (AvgIpc) is 2.59. The van der Waals surface area contributed by atoms with Crippen LogP contribution in [-0.4, -0.2) is 6.29 Å². The largest absolute Gasteiger partial charge is 0.298 e. The Morgan fingerprint density at radius 2 is 2.29 bits per heavy atom. The summed E-state index contributed by atoms with van der Waals surface area (Å²) in [5.41, 5.74) is 1.57. The van der Waals surface area contributed by atoms with Gasteiger partial charge in [0.15, 0.2) is 6.29 Å². The van der Waals surface area contributed by atoms with Gasteiger partial charge in [0.1, 0.15) is 5.82 Å². The lowest BCUT2D eigenvalue weighted by Crippen LogP contribution is -1.87. The second kappa shape index (κ2) is 3.50. The second-order valence-corrected chi connectivity index (χ2v) is 4.01. The van der Waals surface area contributed by atoms with E-state index in [1.807, 2.05) is 6.92 Å². The van der Waals surface area contributed by atoms with E-state index in [-0.39, 0.29) is 5.82 Å². The summed E-state index contributed by atoms with van der Waals surface area (Å²) >= 11 is 1.41. The van der Waals surface area contributed by atoms with E-state index in [0.29, 0.717) is 5.56 Å². The highest BCUT2D eigenvalue weighted by Gasteiger charge is 2.09. The molecule has 0 fully saturated rings. The van der Waals surface area contributed by atoms with Crippen molar-refractivity contribution in [2.45, 2.75) is 13.3 Å². The summed E-state index contributed by atoms with van der Waals surface area (Å²) in [6.45, 7) is 1.96. The van der Waals surface area contributed by atoms with Gasteiger partial charge in [-0.1, -0.05) is 6.92 Å². The molecule has 14 heavy (non-hydrogen) atoms. The molecule has 0 bridgehead atoms. The molecule has 72 valence electrons. The Labute approximate surface area is 85.2 Å². The molecule has 0 amide bonds. The van der Waals surface area contributed by atoms with Crippen molar-refractivity contribution in [1.82, 2.24) is 0 Å². The first-order chi connectivity index (χ1) is 6.76. The van der Waals surface area contributed by atoms with E-state index in [4.69, 9.17) is 0 Å². The van der Waals surface area contributed by atoms with Crippen molar-refractivity contribution >= 4 is 27.7 Å². The summed E-state index contributed by atoms with van der Waals surface area (Å²) in [4.78, 5) is 10.7. The minimum absolute atomic E-state index is 0.228. The van der Waals surface area contributed by atoms with Gasteiger partial charge in [-0.05, 0) is 24.1 Å². The Bertz CT molecular complexity index is 487. The summed E-state index contributed by atoms with van der Waals surface area (Å²) in [7, 11) is 0. The van der Waals surface area contributed by atoms with Crippen molar-refractivity contribution in [3.05, 3.63) is 34.5 Å². The second-order valence-electron chi connectivity index (χ2n) is 3.10. The number of aryl methyl sites for hydroxylation is 1. The smallest absolute Gasteiger partial charge is 0.151 e. The van der Waals surface area contributed by atoms with Crippen LogP contribution in [0.3, 0.4) is 0 Å². The fourth-order valence-electron chi connectivity index (χ4n) is 1.61. The summed E-state index contributed by atoms with van der Waals surface area (Å²) < 4.78 is 14.0. The first-order valence-corrected chi connectivity index (χ1v) is 5.29. The standard InChI is InChI=1S/C11H9FOS/c1-2-7-3-9(12)4-10-11(7)8(5-13)6-14-10/h3-6H,2H2,1H3. The van der Waals surface area contributed by atoms with E-state index in [9.17, 15) is 9.18 Å². The molecule has 0 aliphatic heterocycles. The molecule has 0 saturated heterocycles. The first-order valence-electron chi connectivity index (χ1n) is 4.41. The maximum absolute atomic E-state index is 13.1. The zero-order chi connectivity index (χ0) is 10.1. The van der Waals surface area contributed by atoms with Crippen molar-refractivity contribution in [3.63, 3.8) is 0 Å². The van der Waals surface area contributed by atoms with Crippen molar-refractivity contribution < 1.29 is 9.18 Å². The first kappa shape index (κ1) is 9.34. The Kier molecular flexibility index (Phi) is 2.33. The lowest BCUT2D eigenvalue weighted by Gasteiger charge is -2.00. The molecule has 0 unspecified atom stereocenters. The Balaban J connectivity index is 2.85. The summed E-state index contributed by atoms with van der Waals surface area (Å²) in [5.74, 6) is -0.228. The van der Waals surface area contributed by atoms with Gasteiger partial charge in [0.25, 0.3) is 0 Å². The fraction of sp³-hybridized carbons (Fsp3) is 0.182. The topological polar surface area (TPSA) is 17.1 Å². The molecule has 2 aromatic rings. The number of fused-ring (bicyclic) bond motifs is 1. The molecule has 0 N–H and O–H groups in total. The van der Waals surface area contributed by atoms with Crippen LogP contribution in [0.1, 0.15) is 22.8 Å². The van der Waals surface area contributed by atoms with E-state index >= 15 is 0 Å². The van der Waals surface area contributed by atoms with Crippen molar-refractivity contribution in [2.75, 3.05) is 0 Å². The van der Waals surface area contributed by atoms with E-state index in [1.54, 1.807) is 5.38 Å². The van der Waals surface area contributed by atoms with Crippen LogP contribution in [0, 0.1) is 5.82 Å². The molecule has 0 aliphatic carbocycles. The van der Waals surface area contributed by atoms with Gasteiger partial charge in [-0.25, -0.2) is 4.39 Å². The molecule has 0 saturated carbocycles. The van der Waals surface area contributed by atoms with Crippen molar-refractivity contribution in [2.24, 2.45) is 0 Å². The minimum atomic E-state index is -0.228. The molecule has 0 atom stereocenters. The fourth-order valence-corrected chi connectivity index (χ4v) is 2.58. The molecule has 1 nitrogen and oxygen atoms in total. The van der Waals surface area contributed by atoms with Crippen LogP contribution < -0.4 is 0 Å². The number of benzene rings is 1. The lowest BCUT2D eigenvalue weighted by atomic mass is 10.0. The number of halogens is 1. The monoisotopic (exact) mass is 208 g/mol. The molecule has 2 rings (SSSR count). The van der Waals surface area contributed by atoms with Crippen molar-refractivity contribution in [1.29, 1.82) is 0 Å². The van der Waals surface area contributed by atoms with Crippen LogP contribution in [0.2, 0.25) is 0 Å². The quantitative estimate of drug-likeness (QED) is 0.691. The number of rotatable bonds is 2. The van der Waals surface area contributed by atoms with E-state index in [2.05, 4.69) is 0 Å². The zero-order valence-electron chi connectivity index (χ0n) is 7.71. The molecule has 1 aromatic heterocycles. The van der Waals surface area contributed by atoms with Gasteiger partial charge >= 0.3 is 0 Å². The molecule has 0 aliphatic rings. The van der Waals surface area contributed by atoms with Crippen LogP contribution in [-0.2, 0) is 6.42 Å². The Morgan fingerprint density at radius 3 is 2.93 bits per heavy atom. The Morgan fingerprint density at radius 1 is 1.50 bits per heavy atom. The molecular weight excluding hydrogens is 199 g/mol. The van der Waals surface area contributed by atoms with Gasteiger partial charge < -0.3 is 0 Å². The summed E-state index contributed by atoms with van der Waals surface area (Å²) in [5, 5.41) is 2.69. The molecule has 1 aromatic carbocycles. The highest BCUT2D eigenvalue weighted by molar-refractivity contribution is 7.17. The normalized spacial score (nSPS) is 10.7. The number of hydrogen-bond donors (Lipinski definition) is 0. The predicted molar refractivity (Wildman–Crippen MR) is 56.5 cm³/mol. The van der Waals surface area contributed by atoms with Crippen LogP contribution >= 0.6 is 11.3 Å². The molecule has 3 heteroatoms. The number of aldehydes is 1. The SMILES string of the molecule is CCc1cc(F)cc2scc(C=O)c12. The van der Waals surface area contributed by atoms with Crippen molar-refractivity contribution in [3.8, 4) is 0 Å². The van der Waals surface area contributed by atoms with Crippen LogP contribution in [0.5, 0.6) is 0 Å². The van der Waals surface area contributed by atoms with Gasteiger partial charge in [-0.3, -0.25) is 4.79 Å². The lowest BCUT2D eigenvalue weighted by molar-refractivity contribution is 0.112. The van der Waals surface area contributed by atoms with Gasteiger partial charge in [-0.2, -0.15) is 0 Å². The van der Waals surface area contributed by atoms with Crippen LogP contribution in [0.4, 0.5) is 4.39 Å². The molecule has 1 heterocycles. The molecular formula is C11H9FOS. The number of carbonyl (C=O) groups is 1. The number of hydrogen-bond acceptors (Lipinski definition) is 2. The van der Waals surface area contributed by atoms with Gasteiger partial charge in [0.2, 0.25) is 0 Å². The number of thiophene rings is 1. The highest BCUT2D eigenvalue weighted by atomic mass is 32.1. The Hall–Kier alpha value is -1.22. The maximum atomic E-state index is 13.1. The highest BCUT2D eigenvalue weighted by Crippen LogP contribution is 2.29. The van der Waals surface area contributed by atoms with Gasteiger partial charge in [0, 0.05) is 21.0 Å². The minimum Gasteiger partial charge on any atom is -0.298 e. The maximum Gasteiger partial charge on any atom is 0.151 e. The van der Waals surface area contributed by atoms with Gasteiger partial charge in [0.05, 0.1) is 0 Å². The molecule has 0 spiro atoms. The average molecular weight is 208 g/mol. The summed E-state index contributed by atoms with van der Waals surface area (Å²) in [6, 6.07) is 2.98. The number of carbonyl (C=O) groups excluding carboxylic acids is 1. The van der Waals surface area contributed by atoms with E-state index in [1.165, 1.54) is 23.5 Å². The van der Waals surface area contributed by atoms with E-state index < -0.39 is 0 Å².